The van der Waals surface area contributed by atoms with Crippen LogP contribution in [0.25, 0.3) is 10.9 Å². The molecule has 0 bridgehead atoms. The van der Waals surface area contributed by atoms with Crippen molar-refractivity contribution in [3.63, 3.8) is 0 Å². The van der Waals surface area contributed by atoms with E-state index in [1.54, 1.807) is 6.20 Å². The summed E-state index contributed by atoms with van der Waals surface area (Å²) in [5.74, 6) is 0. The minimum absolute atomic E-state index is 0.702. The number of nitrogens with zero attached hydrogens (tertiary/aromatic N) is 3. The quantitative estimate of drug-likeness (QED) is 0.832. The average Bonchev–Trinajstić information content (AvgIpc) is 2.53. The van der Waals surface area contributed by atoms with Crippen LogP contribution in [0.1, 0.15) is 37.3 Å². The number of hydrogen-bond donors (Lipinski definition) is 0. The first-order valence-electron chi connectivity index (χ1n) is 7.40. The summed E-state index contributed by atoms with van der Waals surface area (Å²) in [6.45, 7) is 4.25. The molecule has 2 heterocycles. The first-order chi connectivity index (χ1) is 9.83. The van der Waals surface area contributed by atoms with E-state index in [-0.39, 0.29) is 0 Å². The lowest BCUT2D eigenvalue weighted by Crippen LogP contribution is -2.30. The molecule has 3 rings (SSSR count). The van der Waals surface area contributed by atoms with Gasteiger partial charge in [0.25, 0.3) is 0 Å². The average molecular weight is 265 g/mol. The van der Waals surface area contributed by atoms with E-state index in [4.69, 9.17) is 0 Å². The normalized spacial score (nSPS) is 15.3. The van der Waals surface area contributed by atoms with Gasteiger partial charge in [-0.25, -0.2) is 0 Å². The number of hydrogen-bond acceptors (Lipinski definition) is 3. The van der Waals surface area contributed by atoms with Gasteiger partial charge in [-0.3, -0.25) is 4.98 Å². The van der Waals surface area contributed by atoms with Gasteiger partial charge >= 0.3 is 0 Å². The van der Waals surface area contributed by atoms with Gasteiger partial charge in [0.05, 0.1) is 16.8 Å². The number of pyridine rings is 1. The minimum atomic E-state index is 0.702. The number of aromatic nitrogens is 1. The smallest absolute Gasteiger partial charge is 0.103 e. The Morgan fingerprint density at radius 2 is 2.05 bits per heavy atom. The van der Waals surface area contributed by atoms with Gasteiger partial charge in [0.1, 0.15) is 6.07 Å². The molecule has 0 N–H and O–H groups in total. The molecule has 1 aromatic heterocycles. The molecule has 0 amide bonds. The highest BCUT2D eigenvalue weighted by Gasteiger charge is 2.18. The van der Waals surface area contributed by atoms with Crippen LogP contribution in [0.15, 0.2) is 24.4 Å². The molecule has 1 aliphatic heterocycles. The van der Waals surface area contributed by atoms with Crippen LogP contribution < -0.4 is 4.90 Å². The van der Waals surface area contributed by atoms with Gasteiger partial charge in [0.2, 0.25) is 0 Å². The van der Waals surface area contributed by atoms with Crippen LogP contribution in [0, 0.1) is 11.3 Å². The number of nitriles is 1. The summed E-state index contributed by atoms with van der Waals surface area (Å²) in [6, 6.07) is 8.72. The summed E-state index contributed by atoms with van der Waals surface area (Å²) in [5, 5.41) is 10.5. The molecule has 3 nitrogen and oxygen atoms in total. The fourth-order valence-corrected chi connectivity index (χ4v) is 2.99. The largest absolute Gasteiger partial charge is 0.370 e. The van der Waals surface area contributed by atoms with E-state index < -0.39 is 0 Å². The van der Waals surface area contributed by atoms with Crippen LogP contribution >= 0.6 is 0 Å². The zero-order valence-corrected chi connectivity index (χ0v) is 11.9. The second-order valence-electron chi connectivity index (χ2n) is 5.39. The molecule has 1 aliphatic rings. The Bertz CT molecular complexity index is 664. The minimum Gasteiger partial charge on any atom is -0.370 e. The first-order valence-corrected chi connectivity index (χ1v) is 7.40. The Kier molecular flexibility index (Phi) is 3.56. The SMILES string of the molecule is CCc1ccc2ncc(C#N)c(N3CCCCC3)c2c1. The van der Waals surface area contributed by atoms with Crippen LogP contribution in [0.5, 0.6) is 0 Å². The number of piperidine rings is 1. The third kappa shape index (κ3) is 2.22. The maximum atomic E-state index is 9.42. The molecule has 0 spiro atoms. The van der Waals surface area contributed by atoms with Crippen LogP contribution in [-0.4, -0.2) is 18.1 Å². The predicted octanol–water partition coefficient (Wildman–Crippen LogP) is 3.66. The molecule has 20 heavy (non-hydrogen) atoms. The van der Waals surface area contributed by atoms with Gasteiger partial charge in [-0.05, 0) is 43.4 Å². The van der Waals surface area contributed by atoms with Gasteiger partial charge in [0, 0.05) is 24.7 Å². The molecule has 102 valence electrons. The number of benzene rings is 1. The van der Waals surface area contributed by atoms with Crippen molar-refractivity contribution in [2.75, 3.05) is 18.0 Å². The summed E-state index contributed by atoms with van der Waals surface area (Å²) in [5.41, 5.74) is 4.08. The van der Waals surface area contributed by atoms with Gasteiger partial charge in [-0.15, -0.1) is 0 Å². The van der Waals surface area contributed by atoms with E-state index in [9.17, 15) is 5.26 Å². The van der Waals surface area contributed by atoms with Crippen molar-refractivity contribution in [2.45, 2.75) is 32.6 Å². The predicted molar refractivity (Wildman–Crippen MR) is 81.9 cm³/mol. The maximum Gasteiger partial charge on any atom is 0.103 e. The van der Waals surface area contributed by atoms with Crippen LogP contribution in [0.3, 0.4) is 0 Å². The van der Waals surface area contributed by atoms with Crippen molar-refractivity contribution >= 4 is 16.6 Å². The molecule has 1 aromatic carbocycles. The summed E-state index contributed by atoms with van der Waals surface area (Å²) in [4.78, 5) is 6.80. The van der Waals surface area contributed by atoms with Crippen molar-refractivity contribution in [2.24, 2.45) is 0 Å². The lowest BCUT2D eigenvalue weighted by Gasteiger charge is -2.30. The lowest BCUT2D eigenvalue weighted by molar-refractivity contribution is 0.578. The number of fused-ring (bicyclic) bond motifs is 1. The van der Waals surface area contributed by atoms with E-state index in [0.29, 0.717) is 5.56 Å². The summed E-state index contributed by atoms with van der Waals surface area (Å²) < 4.78 is 0. The summed E-state index contributed by atoms with van der Waals surface area (Å²) in [7, 11) is 0. The van der Waals surface area contributed by atoms with Crippen molar-refractivity contribution in [1.82, 2.24) is 4.98 Å². The maximum absolute atomic E-state index is 9.42. The Morgan fingerprint density at radius 1 is 1.25 bits per heavy atom. The highest BCUT2D eigenvalue weighted by atomic mass is 15.1. The fourth-order valence-electron chi connectivity index (χ4n) is 2.99. The van der Waals surface area contributed by atoms with E-state index in [2.05, 4.69) is 41.1 Å². The molecule has 0 saturated carbocycles. The summed E-state index contributed by atoms with van der Waals surface area (Å²) >= 11 is 0. The number of anilines is 1. The number of rotatable bonds is 2. The Morgan fingerprint density at radius 3 is 2.75 bits per heavy atom. The zero-order valence-electron chi connectivity index (χ0n) is 11.9. The van der Waals surface area contributed by atoms with Gasteiger partial charge in [0.15, 0.2) is 0 Å². The molecule has 1 fully saturated rings. The second-order valence-corrected chi connectivity index (χ2v) is 5.39. The molecule has 2 aromatic rings. The number of aryl methyl sites for hydroxylation is 1. The van der Waals surface area contributed by atoms with Crippen molar-refractivity contribution in [3.05, 3.63) is 35.5 Å². The monoisotopic (exact) mass is 265 g/mol. The van der Waals surface area contributed by atoms with Crippen LogP contribution in [0.2, 0.25) is 0 Å². The highest BCUT2D eigenvalue weighted by Crippen LogP contribution is 2.32. The summed E-state index contributed by atoms with van der Waals surface area (Å²) in [6.07, 6.45) is 6.44. The molecule has 0 radical (unpaired) electrons. The molecule has 0 unspecified atom stereocenters. The topological polar surface area (TPSA) is 39.9 Å². The Hall–Kier alpha value is -2.08. The Balaban J connectivity index is 2.21. The van der Waals surface area contributed by atoms with Gasteiger partial charge < -0.3 is 4.90 Å². The van der Waals surface area contributed by atoms with E-state index in [0.717, 1.165) is 36.1 Å². The zero-order chi connectivity index (χ0) is 13.9. The Labute approximate surface area is 119 Å². The molecular formula is C17H19N3. The molecule has 1 saturated heterocycles. The standard InChI is InChI=1S/C17H19N3/c1-2-13-6-7-16-15(10-13)17(14(11-18)12-19-16)20-8-4-3-5-9-20/h6-7,10,12H,2-5,8-9H2,1H3. The fraction of sp³-hybridized carbons (Fsp3) is 0.412. The lowest BCUT2D eigenvalue weighted by atomic mass is 10.0. The van der Waals surface area contributed by atoms with E-state index in [1.807, 2.05) is 0 Å². The second kappa shape index (κ2) is 5.50. The third-order valence-electron chi connectivity index (χ3n) is 4.10. The van der Waals surface area contributed by atoms with Crippen molar-refractivity contribution in [1.29, 1.82) is 5.26 Å². The van der Waals surface area contributed by atoms with Crippen LogP contribution in [-0.2, 0) is 6.42 Å². The molecular weight excluding hydrogens is 246 g/mol. The molecule has 0 atom stereocenters. The first kappa shape index (κ1) is 12.9. The van der Waals surface area contributed by atoms with Crippen molar-refractivity contribution < 1.29 is 0 Å². The van der Waals surface area contributed by atoms with Gasteiger partial charge in [-0.1, -0.05) is 13.0 Å². The molecule has 0 aliphatic carbocycles. The molecule has 3 heteroatoms. The van der Waals surface area contributed by atoms with Gasteiger partial charge in [-0.2, -0.15) is 5.26 Å². The van der Waals surface area contributed by atoms with Crippen LogP contribution in [0.4, 0.5) is 5.69 Å². The third-order valence-corrected chi connectivity index (χ3v) is 4.10. The van der Waals surface area contributed by atoms with E-state index in [1.165, 1.54) is 24.8 Å². The van der Waals surface area contributed by atoms with Crippen molar-refractivity contribution in [3.8, 4) is 6.07 Å². The van der Waals surface area contributed by atoms with E-state index >= 15 is 0 Å². The highest BCUT2D eigenvalue weighted by molar-refractivity contribution is 5.95.